The minimum absolute atomic E-state index is 0.103. The van der Waals surface area contributed by atoms with Crippen molar-refractivity contribution in [1.29, 1.82) is 5.26 Å². The van der Waals surface area contributed by atoms with Crippen LogP contribution in [0.3, 0.4) is 0 Å². The van der Waals surface area contributed by atoms with Crippen LogP contribution in [0.1, 0.15) is 32.1 Å². The van der Waals surface area contributed by atoms with Crippen LogP contribution in [0.5, 0.6) is 0 Å². The van der Waals surface area contributed by atoms with Gasteiger partial charge in [-0.15, -0.1) is 0 Å². The van der Waals surface area contributed by atoms with E-state index in [9.17, 15) is 19.6 Å². The number of piperidine rings is 1. The second kappa shape index (κ2) is 23.4. The van der Waals surface area contributed by atoms with E-state index in [2.05, 4.69) is 35.7 Å². The van der Waals surface area contributed by atoms with Gasteiger partial charge in [0.05, 0.1) is 92.0 Å². The number of amides is 3. The van der Waals surface area contributed by atoms with E-state index in [0.717, 1.165) is 36.8 Å². The quantitative estimate of drug-likeness (QED) is 0.0365. The molecule has 0 bridgehead atoms. The van der Waals surface area contributed by atoms with Crippen LogP contribution < -0.4 is 10.6 Å². The van der Waals surface area contributed by atoms with Gasteiger partial charge in [-0.1, -0.05) is 6.08 Å². The van der Waals surface area contributed by atoms with Crippen molar-refractivity contribution in [3.05, 3.63) is 11.6 Å². The van der Waals surface area contributed by atoms with Gasteiger partial charge in [0.2, 0.25) is 12.3 Å². The predicted octanol–water partition coefficient (Wildman–Crippen LogP) is 0.212. The van der Waals surface area contributed by atoms with Gasteiger partial charge in [-0.05, 0) is 25.2 Å². The number of nitrogens with one attached hydrogen (secondary N) is 2. The Hall–Kier alpha value is -3.04. The van der Waals surface area contributed by atoms with Gasteiger partial charge in [0.1, 0.15) is 24.2 Å². The highest BCUT2D eigenvalue weighted by Crippen LogP contribution is 2.19. The summed E-state index contributed by atoms with van der Waals surface area (Å²) in [5.74, 6) is 2.43. The Bertz CT molecular complexity index is 992. The minimum atomic E-state index is -0.301. The summed E-state index contributed by atoms with van der Waals surface area (Å²) in [6, 6.07) is 5.29. The maximum absolute atomic E-state index is 13.0. The molecule has 0 aliphatic carbocycles. The summed E-state index contributed by atoms with van der Waals surface area (Å²) in [4.78, 5) is 37.4. The fraction of sp³-hybridized carbons (Fsp3) is 0.742. The molecule has 0 aromatic carbocycles. The molecule has 2 heterocycles. The third-order valence-electron chi connectivity index (χ3n) is 7.22. The van der Waals surface area contributed by atoms with Crippen LogP contribution in [0.15, 0.2) is 11.6 Å². The zero-order valence-corrected chi connectivity index (χ0v) is 26.2. The fourth-order valence-corrected chi connectivity index (χ4v) is 4.75. The topological polar surface area (TPSA) is 148 Å². The van der Waals surface area contributed by atoms with E-state index in [1.54, 1.807) is 11.0 Å². The maximum Gasteiger partial charge on any atom is 0.264 e. The molecule has 0 aromatic heterocycles. The van der Waals surface area contributed by atoms with Crippen LogP contribution in [-0.4, -0.2) is 140 Å². The Morgan fingerprint density at radius 3 is 2.16 bits per heavy atom. The number of hydrogen-bond donors (Lipinski definition) is 2. The van der Waals surface area contributed by atoms with Crippen LogP contribution in [-0.2, 0) is 38.1 Å². The summed E-state index contributed by atoms with van der Waals surface area (Å²) in [5.41, 5.74) is 0.150. The summed E-state index contributed by atoms with van der Waals surface area (Å²) in [7, 11) is 2.11. The Kier molecular flexibility index (Phi) is 19.7. The average molecular weight is 621 g/mol. The van der Waals surface area contributed by atoms with E-state index in [4.69, 9.17) is 23.7 Å². The number of hydrogen-bond acceptors (Lipinski definition) is 9. The first-order valence-corrected chi connectivity index (χ1v) is 15.6. The Balaban J connectivity index is 1.45. The molecule has 3 amide bonds. The van der Waals surface area contributed by atoms with Gasteiger partial charge in [0.25, 0.3) is 5.91 Å². The maximum atomic E-state index is 13.0. The molecule has 1 fully saturated rings. The number of carbonyl (C=O) groups is 3. The highest BCUT2D eigenvalue weighted by molar-refractivity contribution is 5.97. The Labute approximate surface area is 261 Å². The molecule has 13 heteroatoms. The highest BCUT2D eigenvalue weighted by atomic mass is 16.6. The number of carbonyl (C=O) groups excluding carboxylic acids is 3. The zero-order valence-electron chi connectivity index (χ0n) is 26.2. The van der Waals surface area contributed by atoms with Crippen molar-refractivity contribution in [3.63, 3.8) is 0 Å². The number of ether oxygens (including phenoxy) is 5. The number of nitriles is 1. The molecule has 2 rings (SSSR count). The highest BCUT2D eigenvalue weighted by Gasteiger charge is 2.29. The third-order valence-corrected chi connectivity index (χ3v) is 7.22. The van der Waals surface area contributed by atoms with Crippen LogP contribution in [0.2, 0.25) is 0 Å². The van der Waals surface area contributed by atoms with E-state index in [-0.39, 0.29) is 23.3 Å². The second-order valence-electron chi connectivity index (χ2n) is 10.8. The van der Waals surface area contributed by atoms with Crippen molar-refractivity contribution in [3.8, 4) is 18.0 Å². The van der Waals surface area contributed by atoms with Crippen LogP contribution in [0, 0.1) is 29.2 Å². The van der Waals surface area contributed by atoms with Gasteiger partial charge in [-0.2, -0.15) is 5.26 Å². The molecule has 2 aliphatic rings. The molecule has 2 aliphatic heterocycles. The number of nitrogens with zero attached hydrogens (tertiary/aromatic N) is 3. The van der Waals surface area contributed by atoms with Gasteiger partial charge < -0.3 is 39.2 Å². The van der Waals surface area contributed by atoms with Crippen LogP contribution in [0.25, 0.3) is 0 Å². The summed E-state index contributed by atoms with van der Waals surface area (Å²) in [5, 5.41) is 15.0. The van der Waals surface area contributed by atoms with Gasteiger partial charge in [0, 0.05) is 32.6 Å². The van der Waals surface area contributed by atoms with Crippen molar-refractivity contribution < 1.29 is 42.6 Å². The van der Waals surface area contributed by atoms with Gasteiger partial charge >= 0.3 is 0 Å². The SMILES string of the molecule is C[N+]1(CCC/C=C(\C#N)C(=O)N2CCCC(C(=O)NCCOCCOCCOCCOCCOCCNC=O)C2)C#CCC1. The molecular weight excluding hydrogens is 570 g/mol. The van der Waals surface area contributed by atoms with Crippen LogP contribution >= 0.6 is 0 Å². The molecule has 0 spiro atoms. The summed E-state index contributed by atoms with van der Waals surface area (Å²) < 4.78 is 27.8. The summed E-state index contributed by atoms with van der Waals surface area (Å²) in [6.07, 6.45) is 6.21. The second-order valence-corrected chi connectivity index (χ2v) is 10.8. The standard InChI is InChI=1S/C31H49N5O8/c1-36(13-4-5-14-36)12-3-2-7-28(25-32)31(39)35-11-6-8-29(26-35)30(38)34-10-16-41-18-20-43-22-24-44-23-21-42-19-17-40-15-9-33-27-37/h7,27,29H,2-4,6,8-13,15-24,26H2,1H3,(H-,33,34,37,38)/p+1/b28-7+. The largest absolute Gasteiger partial charge is 0.377 e. The van der Waals surface area contributed by atoms with Gasteiger partial charge in [0.15, 0.2) is 0 Å². The first-order chi connectivity index (χ1) is 21.5. The number of rotatable bonds is 25. The molecule has 0 aromatic rings. The average Bonchev–Trinajstić information content (AvgIpc) is 3.48. The van der Waals surface area contributed by atoms with E-state index in [0.29, 0.717) is 111 Å². The zero-order chi connectivity index (χ0) is 31.7. The Morgan fingerprint density at radius 2 is 1.59 bits per heavy atom. The van der Waals surface area contributed by atoms with E-state index in [1.165, 1.54) is 0 Å². The third kappa shape index (κ3) is 16.1. The molecule has 2 atom stereocenters. The van der Waals surface area contributed by atoms with Crippen molar-refractivity contribution in [1.82, 2.24) is 15.5 Å². The smallest absolute Gasteiger partial charge is 0.264 e. The minimum Gasteiger partial charge on any atom is -0.377 e. The molecule has 0 radical (unpaired) electrons. The van der Waals surface area contributed by atoms with Crippen molar-refractivity contribution in [2.24, 2.45) is 5.92 Å². The van der Waals surface area contributed by atoms with E-state index in [1.807, 2.05) is 0 Å². The number of unbranched alkanes of at least 4 members (excludes halogenated alkanes) is 1. The lowest BCUT2D eigenvalue weighted by molar-refractivity contribution is -0.839. The first-order valence-electron chi connectivity index (χ1n) is 15.6. The van der Waals surface area contributed by atoms with Crippen LogP contribution in [0.4, 0.5) is 0 Å². The van der Waals surface area contributed by atoms with Crippen molar-refractivity contribution in [2.75, 3.05) is 112 Å². The normalized spacial score (nSPS) is 19.6. The molecule has 1 saturated heterocycles. The van der Waals surface area contributed by atoms with Gasteiger partial charge in [-0.25, -0.2) is 4.48 Å². The first kappa shape index (κ1) is 37.1. The lowest BCUT2D eigenvalue weighted by Crippen LogP contribution is -2.46. The molecule has 0 saturated carbocycles. The van der Waals surface area contributed by atoms with E-state index >= 15 is 0 Å². The summed E-state index contributed by atoms with van der Waals surface area (Å²) >= 11 is 0. The predicted molar refractivity (Wildman–Crippen MR) is 162 cm³/mol. The molecule has 2 N–H and O–H groups in total. The lowest BCUT2D eigenvalue weighted by atomic mass is 9.96. The lowest BCUT2D eigenvalue weighted by Gasteiger charge is -2.32. The number of allylic oxidation sites excluding steroid dienone is 1. The molecular formula is C31H50N5O8+. The van der Waals surface area contributed by atoms with Crippen molar-refractivity contribution in [2.45, 2.75) is 32.1 Å². The summed E-state index contributed by atoms with van der Waals surface area (Å²) in [6.45, 7) is 8.01. The van der Waals surface area contributed by atoms with E-state index < -0.39 is 0 Å². The fourth-order valence-electron chi connectivity index (χ4n) is 4.75. The molecule has 246 valence electrons. The Morgan fingerprint density at radius 1 is 0.977 bits per heavy atom. The number of quaternary nitrogens is 1. The molecule has 44 heavy (non-hydrogen) atoms. The van der Waals surface area contributed by atoms with Crippen molar-refractivity contribution >= 4 is 18.2 Å². The van der Waals surface area contributed by atoms with Gasteiger partial charge in [-0.3, -0.25) is 14.4 Å². The number of likely N-dealkylation sites (tertiary alicyclic amines) is 1. The monoisotopic (exact) mass is 620 g/mol. The molecule has 13 nitrogen and oxygen atoms in total. The molecule has 2 unspecified atom stereocenters.